The van der Waals surface area contributed by atoms with E-state index in [1.54, 1.807) is 0 Å². The molecule has 22 heavy (non-hydrogen) atoms. The number of methoxy groups -OCH3 is 1. The Balaban J connectivity index is 1.83. The smallest absolute Gasteiger partial charge is 0.390 e. The van der Waals surface area contributed by atoms with E-state index in [-0.39, 0.29) is 25.2 Å². The van der Waals surface area contributed by atoms with Crippen LogP contribution in [0.15, 0.2) is 0 Å². The molecule has 11 heteroatoms. The quantitative estimate of drug-likeness (QED) is 0.406. The van der Waals surface area contributed by atoms with E-state index in [9.17, 15) is 14.6 Å². The van der Waals surface area contributed by atoms with Gasteiger partial charge in [0.05, 0.1) is 25.4 Å². The largest absolute Gasteiger partial charge is 0.472 e. The van der Waals surface area contributed by atoms with Crippen molar-refractivity contribution in [3.63, 3.8) is 0 Å². The van der Waals surface area contributed by atoms with Crippen molar-refractivity contribution >= 4 is 23.5 Å². The van der Waals surface area contributed by atoms with Gasteiger partial charge in [-0.3, -0.25) is 9.05 Å². The average Bonchev–Trinajstić information content (AvgIpc) is 2.90. The van der Waals surface area contributed by atoms with Gasteiger partial charge in [0.25, 0.3) is 0 Å². The predicted octanol–water partition coefficient (Wildman–Crippen LogP) is -2.01. The Bertz CT molecular complexity index is 414. The fourth-order valence-corrected chi connectivity index (χ4v) is 3.76. The topological polar surface area (TPSA) is 104 Å². The summed E-state index contributed by atoms with van der Waals surface area (Å²) in [6, 6.07) is -0.177. The molecule has 8 nitrogen and oxygen atoms in total. The summed E-state index contributed by atoms with van der Waals surface area (Å²) in [7, 11) is 0.956. The van der Waals surface area contributed by atoms with Crippen molar-refractivity contribution in [2.24, 2.45) is 0 Å². The summed E-state index contributed by atoms with van der Waals surface area (Å²) in [5.74, 6) is 0. The van der Waals surface area contributed by atoms with Crippen molar-refractivity contribution in [1.82, 2.24) is 0 Å². The van der Waals surface area contributed by atoms with Gasteiger partial charge in [0.15, 0.2) is 0 Å². The molecule has 0 radical (unpaired) electrons. The molecule has 2 rings (SSSR count). The summed E-state index contributed by atoms with van der Waals surface area (Å²) in [6.45, 7) is 0.0777. The number of hydrogen-bond donors (Lipinski definition) is 2. The molecule has 126 valence electrons. The summed E-state index contributed by atoms with van der Waals surface area (Å²) in [5, 5.41) is 9.73. The second-order valence-electron chi connectivity index (χ2n) is 5.87. The summed E-state index contributed by atoms with van der Waals surface area (Å²) < 4.78 is 38.2. The minimum atomic E-state index is -4.25. The second kappa shape index (κ2) is 7.77. The zero-order valence-corrected chi connectivity index (χ0v) is 14.0. The number of hydrogen-bond acceptors (Lipinski definition) is 7. The van der Waals surface area contributed by atoms with Crippen LogP contribution in [0.1, 0.15) is 12.8 Å². The van der Waals surface area contributed by atoms with E-state index >= 15 is 0 Å². The zero-order chi connectivity index (χ0) is 16.3. The van der Waals surface area contributed by atoms with Crippen molar-refractivity contribution < 1.29 is 37.8 Å². The molecule has 2 aliphatic heterocycles. The van der Waals surface area contributed by atoms with Gasteiger partial charge in [0, 0.05) is 19.1 Å². The van der Waals surface area contributed by atoms with Crippen molar-refractivity contribution in [2.45, 2.75) is 49.3 Å². The summed E-state index contributed by atoms with van der Waals surface area (Å²) in [4.78, 5) is 9.84. The van der Waals surface area contributed by atoms with E-state index in [2.05, 4.69) is 0 Å². The molecule has 0 bridgehead atoms. The Morgan fingerprint density at radius 2 is 1.82 bits per heavy atom. The van der Waals surface area contributed by atoms with Gasteiger partial charge in [-0.2, -0.15) is 0 Å². The van der Waals surface area contributed by atoms with Crippen LogP contribution < -0.4 is 0 Å². The third kappa shape index (κ3) is 5.04. The Labute approximate surface area is 131 Å². The monoisotopic (exact) mass is 336 g/mol. The first-order valence-electron chi connectivity index (χ1n) is 7.44. The lowest BCUT2D eigenvalue weighted by atomic mass is 9.96. The van der Waals surface area contributed by atoms with Gasteiger partial charge in [-0.1, -0.05) is 0 Å². The van der Waals surface area contributed by atoms with Crippen molar-refractivity contribution in [3.8, 4) is 0 Å². The molecule has 2 aliphatic rings. The molecule has 2 unspecified atom stereocenters. The minimum Gasteiger partial charge on any atom is -0.390 e. The fraction of sp³-hybridized carbons (Fsp3) is 1.00. The molecular weight excluding hydrogens is 313 g/mol. The SMILES string of the molecule is B[C@H]1C[C@@H](O)C(COP(=O)(O)O[C@@H]2C[C@H](B)O[C@@H]2COC)O1. The molecule has 2 fully saturated rings. The van der Waals surface area contributed by atoms with E-state index in [1.165, 1.54) is 7.11 Å². The molecule has 7 atom stereocenters. The molecular formula is C11H23B2O8P. The first-order chi connectivity index (χ1) is 10.3. The van der Waals surface area contributed by atoms with Crippen LogP contribution in [0.2, 0.25) is 0 Å². The van der Waals surface area contributed by atoms with Crippen LogP contribution in [0.25, 0.3) is 0 Å². The zero-order valence-electron chi connectivity index (χ0n) is 13.1. The van der Waals surface area contributed by atoms with E-state index < -0.39 is 32.2 Å². The van der Waals surface area contributed by atoms with E-state index in [0.29, 0.717) is 12.8 Å². The highest BCUT2D eigenvalue weighted by molar-refractivity contribution is 7.47. The third-order valence-electron chi connectivity index (χ3n) is 3.80. The summed E-state index contributed by atoms with van der Waals surface area (Å²) in [5.41, 5.74) is 0. The van der Waals surface area contributed by atoms with Gasteiger partial charge >= 0.3 is 7.82 Å². The van der Waals surface area contributed by atoms with Crippen LogP contribution in [-0.4, -0.2) is 82.4 Å². The molecule has 0 aliphatic carbocycles. The highest BCUT2D eigenvalue weighted by Crippen LogP contribution is 2.47. The number of phosphoric ester groups is 1. The summed E-state index contributed by atoms with van der Waals surface area (Å²) >= 11 is 0. The molecule has 2 N–H and O–H groups in total. The fourth-order valence-electron chi connectivity index (χ4n) is 2.80. The van der Waals surface area contributed by atoms with Crippen molar-refractivity contribution in [2.75, 3.05) is 20.3 Å². The van der Waals surface area contributed by atoms with E-state index in [4.69, 9.17) is 23.3 Å². The summed E-state index contributed by atoms with van der Waals surface area (Å²) in [6.07, 6.45) is -1.33. The van der Waals surface area contributed by atoms with E-state index in [0.717, 1.165) is 0 Å². The van der Waals surface area contributed by atoms with Crippen LogP contribution in [0, 0.1) is 0 Å². The number of aliphatic hydroxyl groups is 1. The second-order valence-corrected chi connectivity index (χ2v) is 7.28. The van der Waals surface area contributed by atoms with Gasteiger partial charge in [-0.05, 0) is 12.8 Å². The number of ether oxygens (including phenoxy) is 3. The van der Waals surface area contributed by atoms with Crippen molar-refractivity contribution in [3.05, 3.63) is 0 Å². The molecule has 2 saturated heterocycles. The standard InChI is InChI=1S/C11H23B2O8P/c1-17-4-9-7(3-11(13)20-9)21-22(15,16)18-5-8-6(14)2-10(12)19-8/h6-11,14H,2-5,12-13H2,1H3,(H,15,16)/t6-,7-,8?,9-,10-,11-/m1/s1. The molecule has 0 saturated carbocycles. The maximum absolute atomic E-state index is 12.0. The van der Waals surface area contributed by atoms with Gasteiger partial charge in [-0.15, -0.1) is 0 Å². The minimum absolute atomic E-state index is 0.0778. The van der Waals surface area contributed by atoms with Crippen LogP contribution in [0.3, 0.4) is 0 Å². The van der Waals surface area contributed by atoms with Crippen LogP contribution in [0.4, 0.5) is 0 Å². The highest BCUT2D eigenvalue weighted by Gasteiger charge is 2.40. The van der Waals surface area contributed by atoms with Crippen LogP contribution in [0.5, 0.6) is 0 Å². The highest BCUT2D eigenvalue weighted by atomic mass is 31.2. The van der Waals surface area contributed by atoms with Crippen molar-refractivity contribution in [1.29, 1.82) is 0 Å². The van der Waals surface area contributed by atoms with Gasteiger partial charge < -0.3 is 24.2 Å². The predicted molar refractivity (Wildman–Crippen MR) is 82.2 cm³/mol. The van der Waals surface area contributed by atoms with Gasteiger partial charge in [-0.25, -0.2) is 4.57 Å². The number of aliphatic hydroxyl groups excluding tert-OH is 1. The van der Waals surface area contributed by atoms with Crippen LogP contribution >= 0.6 is 7.82 Å². The molecule has 0 aromatic heterocycles. The lowest BCUT2D eigenvalue weighted by Gasteiger charge is -2.22. The molecule has 0 aromatic rings. The lowest BCUT2D eigenvalue weighted by Crippen LogP contribution is -2.29. The molecule has 0 spiro atoms. The van der Waals surface area contributed by atoms with E-state index in [1.807, 2.05) is 15.7 Å². The maximum atomic E-state index is 12.0. The first-order valence-corrected chi connectivity index (χ1v) is 8.94. The first kappa shape index (κ1) is 18.4. The Hall–Kier alpha value is 0.0799. The molecule has 2 heterocycles. The normalized spacial score (nSPS) is 41.6. The Morgan fingerprint density at radius 1 is 1.18 bits per heavy atom. The van der Waals surface area contributed by atoms with Gasteiger partial charge in [0.1, 0.15) is 27.9 Å². The van der Waals surface area contributed by atoms with Gasteiger partial charge in [0.2, 0.25) is 0 Å². The lowest BCUT2D eigenvalue weighted by molar-refractivity contribution is -0.0310. The maximum Gasteiger partial charge on any atom is 0.472 e. The number of phosphoric acid groups is 1. The van der Waals surface area contributed by atoms with Crippen LogP contribution in [-0.2, 0) is 27.8 Å². The molecule has 0 aromatic carbocycles. The Morgan fingerprint density at radius 3 is 2.41 bits per heavy atom. The third-order valence-corrected chi connectivity index (χ3v) is 4.81. The number of rotatable bonds is 7. The Kier molecular flexibility index (Phi) is 6.50. The molecule has 0 amide bonds. The average molecular weight is 336 g/mol.